The van der Waals surface area contributed by atoms with Crippen LogP contribution in [-0.2, 0) is 6.54 Å². The van der Waals surface area contributed by atoms with Crippen LogP contribution in [0.5, 0.6) is 17.2 Å². The van der Waals surface area contributed by atoms with E-state index in [1.165, 1.54) is 7.11 Å². The summed E-state index contributed by atoms with van der Waals surface area (Å²) in [6.07, 6.45) is 0. The van der Waals surface area contributed by atoms with Crippen molar-refractivity contribution in [2.75, 3.05) is 21.3 Å². The Morgan fingerprint density at radius 1 is 1.11 bits per heavy atom. The summed E-state index contributed by atoms with van der Waals surface area (Å²) in [5, 5.41) is 4.14. The Hall–Kier alpha value is -2.86. The molecule has 27 heavy (non-hydrogen) atoms. The lowest BCUT2D eigenvalue weighted by atomic mass is 10.1. The zero-order chi connectivity index (χ0) is 19.6. The minimum atomic E-state index is -0.325. The third kappa shape index (κ3) is 3.53. The molecule has 1 aromatic heterocycles. The normalized spacial score (nSPS) is 10.7. The average molecular weight is 390 g/mol. The second kappa shape index (κ2) is 7.80. The molecule has 3 aromatic rings. The molecule has 0 aliphatic carbocycles. The molecule has 6 nitrogen and oxygen atoms in total. The Labute approximate surface area is 162 Å². The van der Waals surface area contributed by atoms with Gasteiger partial charge in [0.2, 0.25) is 5.75 Å². The van der Waals surface area contributed by atoms with Crippen molar-refractivity contribution in [1.29, 1.82) is 0 Å². The number of ether oxygens (including phenoxy) is 3. The molecule has 0 spiro atoms. The van der Waals surface area contributed by atoms with Crippen molar-refractivity contribution in [2.45, 2.75) is 13.5 Å². The van der Waals surface area contributed by atoms with Gasteiger partial charge in [0, 0.05) is 17.5 Å². The van der Waals surface area contributed by atoms with Gasteiger partial charge in [-0.05, 0) is 30.7 Å². The third-order valence-corrected chi connectivity index (χ3v) is 4.60. The lowest BCUT2D eigenvalue weighted by Crippen LogP contribution is -2.23. The van der Waals surface area contributed by atoms with Gasteiger partial charge in [-0.3, -0.25) is 4.79 Å². The number of fused-ring (bicyclic) bond motifs is 1. The van der Waals surface area contributed by atoms with E-state index in [9.17, 15) is 4.79 Å². The van der Waals surface area contributed by atoms with Crippen LogP contribution in [-0.4, -0.2) is 27.2 Å². The van der Waals surface area contributed by atoms with Crippen molar-refractivity contribution in [2.24, 2.45) is 0 Å². The maximum atomic E-state index is 12.6. The minimum absolute atomic E-state index is 0.241. The van der Waals surface area contributed by atoms with Gasteiger partial charge in [-0.1, -0.05) is 23.7 Å². The highest BCUT2D eigenvalue weighted by molar-refractivity contribution is 6.35. The van der Waals surface area contributed by atoms with Crippen LogP contribution in [0.25, 0.3) is 11.0 Å². The Balaban J connectivity index is 1.84. The molecular formula is C20H20ClNO5. The maximum Gasteiger partial charge on any atom is 0.287 e. The molecule has 0 bridgehead atoms. The number of methoxy groups -OCH3 is 3. The highest BCUT2D eigenvalue weighted by atomic mass is 35.5. The highest BCUT2D eigenvalue weighted by Gasteiger charge is 2.19. The molecule has 1 amide bonds. The van der Waals surface area contributed by atoms with E-state index in [2.05, 4.69) is 5.32 Å². The summed E-state index contributed by atoms with van der Waals surface area (Å²) in [6.45, 7) is 2.09. The number of carbonyl (C=O) groups is 1. The molecule has 1 N–H and O–H groups in total. The fraction of sp³-hybridized carbons (Fsp3) is 0.250. The van der Waals surface area contributed by atoms with Gasteiger partial charge in [0.1, 0.15) is 0 Å². The van der Waals surface area contributed by atoms with Gasteiger partial charge < -0.3 is 23.9 Å². The Bertz CT molecular complexity index is 970. The van der Waals surface area contributed by atoms with Crippen molar-refractivity contribution < 1.29 is 23.4 Å². The Morgan fingerprint density at radius 3 is 2.33 bits per heavy atom. The summed E-state index contributed by atoms with van der Waals surface area (Å²) in [6, 6.07) is 8.99. The monoisotopic (exact) mass is 389 g/mol. The predicted molar refractivity (Wildman–Crippen MR) is 103 cm³/mol. The highest BCUT2D eigenvalue weighted by Crippen LogP contribution is 2.38. The molecule has 0 fully saturated rings. The molecule has 0 unspecified atom stereocenters. The summed E-state index contributed by atoms with van der Waals surface area (Å²) >= 11 is 6.15. The number of aryl methyl sites for hydroxylation is 1. The van der Waals surface area contributed by atoms with Crippen LogP contribution in [0, 0.1) is 6.92 Å². The third-order valence-electron chi connectivity index (χ3n) is 4.30. The number of hydrogen-bond acceptors (Lipinski definition) is 5. The van der Waals surface area contributed by atoms with E-state index in [-0.39, 0.29) is 18.2 Å². The van der Waals surface area contributed by atoms with Gasteiger partial charge in [0.25, 0.3) is 5.91 Å². The van der Waals surface area contributed by atoms with E-state index in [4.69, 9.17) is 30.2 Å². The van der Waals surface area contributed by atoms with Gasteiger partial charge in [0.05, 0.1) is 26.4 Å². The molecule has 2 aromatic carbocycles. The number of para-hydroxylation sites is 1. The average Bonchev–Trinajstić information content (AvgIpc) is 3.03. The summed E-state index contributed by atoms with van der Waals surface area (Å²) in [4.78, 5) is 12.6. The van der Waals surface area contributed by atoms with Crippen LogP contribution in [0.4, 0.5) is 0 Å². The van der Waals surface area contributed by atoms with Gasteiger partial charge >= 0.3 is 0 Å². The van der Waals surface area contributed by atoms with Crippen LogP contribution in [0.3, 0.4) is 0 Å². The number of hydrogen-bond donors (Lipinski definition) is 1. The number of rotatable bonds is 6. The smallest absolute Gasteiger partial charge is 0.287 e. The zero-order valence-electron chi connectivity index (χ0n) is 15.5. The van der Waals surface area contributed by atoms with Crippen molar-refractivity contribution in [3.63, 3.8) is 0 Å². The first-order chi connectivity index (χ1) is 13.0. The SMILES string of the molecule is COc1cc(CNC(=O)c2oc3c(Cl)cccc3c2C)cc(OC)c1OC. The van der Waals surface area contributed by atoms with E-state index in [1.54, 1.807) is 32.4 Å². The molecule has 0 atom stereocenters. The van der Waals surface area contributed by atoms with Crippen molar-refractivity contribution in [3.8, 4) is 17.2 Å². The van der Waals surface area contributed by atoms with Crippen LogP contribution in [0.1, 0.15) is 21.7 Å². The van der Waals surface area contributed by atoms with Gasteiger partial charge in [0.15, 0.2) is 22.8 Å². The predicted octanol–water partition coefficient (Wildman–Crippen LogP) is 4.35. The van der Waals surface area contributed by atoms with E-state index in [0.29, 0.717) is 27.9 Å². The van der Waals surface area contributed by atoms with E-state index >= 15 is 0 Å². The summed E-state index contributed by atoms with van der Waals surface area (Å²) in [5.74, 6) is 1.46. The molecule has 3 rings (SSSR count). The van der Waals surface area contributed by atoms with E-state index in [1.807, 2.05) is 19.1 Å². The first-order valence-electron chi connectivity index (χ1n) is 8.24. The molecular weight excluding hydrogens is 370 g/mol. The molecule has 0 aliphatic rings. The summed E-state index contributed by atoms with van der Waals surface area (Å²) < 4.78 is 21.7. The molecule has 142 valence electrons. The van der Waals surface area contributed by atoms with E-state index < -0.39 is 0 Å². The van der Waals surface area contributed by atoms with Crippen LogP contribution in [0.2, 0.25) is 5.02 Å². The lowest BCUT2D eigenvalue weighted by Gasteiger charge is -2.14. The van der Waals surface area contributed by atoms with Crippen molar-refractivity contribution >= 4 is 28.5 Å². The lowest BCUT2D eigenvalue weighted by molar-refractivity contribution is 0.0924. The van der Waals surface area contributed by atoms with Gasteiger partial charge in [-0.25, -0.2) is 0 Å². The van der Waals surface area contributed by atoms with Crippen LogP contribution >= 0.6 is 11.6 Å². The fourth-order valence-electron chi connectivity index (χ4n) is 2.93. The second-order valence-corrected chi connectivity index (χ2v) is 6.30. The van der Waals surface area contributed by atoms with Crippen LogP contribution < -0.4 is 19.5 Å². The molecule has 0 saturated carbocycles. The summed E-state index contributed by atoms with van der Waals surface area (Å²) in [7, 11) is 4.62. The number of furan rings is 1. The van der Waals surface area contributed by atoms with Crippen molar-refractivity contribution in [1.82, 2.24) is 5.32 Å². The zero-order valence-corrected chi connectivity index (χ0v) is 16.3. The minimum Gasteiger partial charge on any atom is -0.493 e. The van der Waals surface area contributed by atoms with Crippen LogP contribution in [0.15, 0.2) is 34.7 Å². The quantitative estimate of drug-likeness (QED) is 0.678. The molecule has 0 radical (unpaired) electrons. The fourth-order valence-corrected chi connectivity index (χ4v) is 3.14. The topological polar surface area (TPSA) is 69.9 Å². The molecule has 0 aliphatic heterocycles. The largest absolute Gasteiger partial charge is 0.493 e. The Kier molecular flexibility index (Phi) is 5.46. The van der Waals surface area contributed by atoms with Gasteiger partial charge in [-0.15, -0.1) is 0 Å². The molecule has 7 heteroatoms. The Morgan fingerprint density at radius 2 is 1.78 bits per heavy atom. The number of amides is 1. The number of nitrogens with one attached hydrogen (secondary N) is 1. The summed E-state index contributed by atoms with van der Waals surface area (Å²) in [5.41, 5.74) is 2.05. The first kappa shape index (κ1) is 18.9. The first-order valence-corrected chi connectivity index (χ1v) is 8.62. The van der Waals surface area contributed by atoms with E-state index in [0.717, 1.165) is 16.5 Å². The van der Waals surface area contributed by atoms with Gasteiger partial charge in [-0.2, -0.15) is 0 Å². The second-order valence-electron chi connectivity index (χ2n) is 5.89. The van der Waals surface area contributed by atoms with Crippen molar-refractivity contribution in [3.05, 3.63) is 52.2 Å². The number of carbonyl (C=O) groups excluding carboxylic acids is 1. The number of benzene rings is 2. The molecule has 1 heterocycles. The maximum absolute atomic E-state index is 12.6. The molecule has 0 saturated heterocycles. The number of halogens is 1. The standard InChI is InChI=1S/C20H20ClNO5/c1-11-13-6-5-7-14(21)18(13)27-17(11)20(23)22-10-12-8-15(24-2)19(26-4)16(9-12)25-3/h5-9H,10H2,1-4H3,(H,22,23).